The molecule has 0 amide bonds. The Balaban J connectivity index is 2.67. The van der Waals surface area contributed by atoms with Crippen LogP contribution >= 0.6 is 0 Å². The van der Waals surface area contributed by atoms with E-state index in [0.717, 1.165) is 11.8 Å². The van der Waals surface area contributed by atoms with E-state index in [0.29, 0.717) is 6.42 Å². The van der Waals surface area contributed by atoms with Crippen molar-refractivity contribution in [3.05, 3.63) is 35.9 Å². The lowest BCUT2D eigenvalue weighted by molar-refractivity contribution is -0.125. The molecule has 2 heteroatoms. The fourth-order valence-electron chi connectivity index (χ4n) is 1.16. The minimum Gasteiger partial charge on any atom is -0.303 e. The molecule has 0 spiro atoms. The third kappa shape index (κ3) is 2.82. The summed E-state index contributed by atoms with van der Waals surface area (Å²) in [6.07, 6.45) is 1.23. The minimum atomic E-state index is -0.484. The molecular weight excluding hydrogens is 164 g/mol. The Hall–Kier alpha value is -1.44. The first-order valence-corrected chi connectivity index (χ1v) is 4.23. The summed E-state index contributed by atoms with van der Waals surface area (Å²) < 4.78 is 0. The third-order valence-electron chi connectivity index (χ3n) is 1.98. The number of Topliss-reactive ketones (excluding diaryl/α,β-unsaturated/α-hetero) is 1. The van der Waals surface area contributed by atoms with Gasteiger partial charge in [-0.1, -0.05) is 30.3 Å². The maximum atomic E-state index is 10.9. The molecule has 0 aliphatic carbocycles. The van der Waals surface area contributed by atoms with Crippen LogP contribution in [0.25, 0.3) is 0 Å². The molecule has 2 nitrogen and oxygen atoms in total. The zero-order valence-corrected chi connectivity index (χ0v) is 7.57. The zero-order chi connectivity index (χ0) is 9.68. The van der Waals surface area contributed by atoms with Crippen LogP contribution in [0.3, 0.4) is 0 Å². The monoisotopic (exact) mass is 176 g/mol. The number of benzene rings is 1. The van der Waals surface area contributed by atoms with Crippen molar-refractivity contribution < 1.29 is 9.59 Å². The van der Waals surface area contributed by atoms with Crippen LogP contribution in [0.15, 0.2) is 30.3 Å². The Kier molecular flexibility index (Phi) is 3.38. The number of carbonyl (C=O) groups excluding carboxylic acids is 2. The topological polar surface area (TPSA) is 34.1 Å². The quantitative estimate of drug-likeness (QED) is 0.516. The van der Waals surface area contributed by atoms with Crippen LogP contribution in [0.1, 0.15) is 12.5 Å². The number of hydrogen-bond acceptors (Lipinski definition) is 2. The average Bonchev–Trinajstić information content (AvgIpc) is 2.15. The van der Waals surface area contributed by atoms with Crippen LogP contribution in [-0.2, 0) is 16.0 Å². The van der Waals surface area contributed by atoms with E-state index in [-0.39, 0.29) is 5.78 Å². The van der Waals surface area contributed by atoms with Gasteiger partial charge in [0.15, 0.2) is 0 Å². The van der Waals surface area contributed by atoms with Crippen molar-refractivity contribution in [2.75, 3.05) is 0 Å². The van der Waals surface area contributed by atoms with E-state index in [9.17, 15) is 9.59 Å². The van der Waals surface area contributed by atoms with Gasteiger partial charge < -0.3 is 4.79 Å². The highest BCUT2D eigenvalue weighted by molar-refractivity contribution is 5.91. The van der Waals surface area contributed by atoms with Crippen molar-refractivity contribution in [1.29, 1.82) is 0 Å². The third-order valence-corrected chi connectivity index (χ3v) is 1.98. The summed E-state index contributed by atoms with van der Waals surface area (Å²) in [6.45, 7) is 1.45. The highest BCUT2D eigenvalue weighted by Crippen LogP contribution is 2.07. The average molecular weight is 176 g/mol. The second-order valence-corrected chi connectivity index (χ2v) is 3.04. The van der Waals surface area contributed by atoms with Crippen molar-refractivity contribution in [3.63, 3.8) is 0 Å². The lowest BCUT2D eigenvalue weighted by Gasteiger charge is -2.05. The van der Waals surface area contributed by atoms with Gasteiger partial charge in [-0.25, -0.2) is 0 Å². The van der Waals surface area contributed by atoms with Crippen LogP contribution in [0.5, 0.6) is 0 Å². The van der Waals surface area contributed by atoms with E-state index in [1.54, 1.807) is 0 Å². The van der Waals surface area contributed by atoms with Crippen molar-refractivity contribution in [2.24, 2.45) is 5.92 Å². The largest absolute Gasteiger partial charge is 0.303 e. The smallest absolute Gasteiger partial charge is 0.140 e. The van der Waals surface area contributed by atoms with Crippen LogP contribution in [0.4, 0.5) is 0 Å². The van der Waals surface area contributed by atoms with Crippen LogP contribution in [0, 0.1) is 5.92 Å². The van der Waals surface area contributed by atoms with E-state index in [1.165, 1.54) is 6.92 Å². The van der Waals surface area contributed by atoms with Gasteiger partial charge in [0.1, 0.15) is 12.1 Å². The van der Waals surface area contributed by atoms with Crippen LogP contribution < -0.4 is 0 Å². The Bertz CT molecular complexity index is 290. The van der Waals surface area contributed by atoms with Gasteiger partial charge in [0, 0.05) is 0 Å². The molecule has 0 aliphatic rings. The Morgan fingerprint density at radius 2 is 2.00 bits per heavy atom. The standard InChI is InChI=1S/C11H12O2/c1-9(13)11(8-12)7-10-5-3-2-4-6-10/h2-6,8,11H,7H2,1H3. The summed E-state index contributed by atoms with van der Waals surface area (Å²) in [5.41, 5.74) is 1.02. The summed E-state index contributed by atoms with van der Waals surface area (Å²) in [5, 5.41) is 0. The van der Waals surface area contributed by atoms with E-state index in [2.05, 4.69) is 0 Å². The summed E-state index contributed by atoms with van der Waals surface area (Å²) in [6, 6.07) is 9.54. The minimum absolute atomic E-state index is 0.0705. The predicted octanol–water partition coefficient (Wildman–Crippen LogP) is 1.63. The van der Waals surface area contributed by atoms with Gasteiger partial charge in [0.05, 0.1) is 5.92 Å². The number of ketones is 1. The van der Waals surface area contributed by atoms with E-state index < -0.39 is 5.92 Å². The lowest BCUT2D eigenvalue weighted by atomic mass is 9.98. The molecule has 13 heavy (non-hydrogen) atoms. The summed E-state index contributed by atoms with van der Waals surface area (Å²) in [5.74, 6) is -0.554. The molecule has 1 aromatic carbocycles. The first-order chi connectivity index (χ1) is 6.24. The van der Waals surface area contributed by atoms with Gasteiger partial charge in [0.25, 0.3) is 0 Å². The molecule has 68 valence electrons. The number of aldehydes is 1. The molecule has 0 radical (unpaired) electrons. The van der Waals surface area contributed by atoms with Crippen molar-refractivity contribution >= 4 is 12.1 Å². The predicted molar refractivity (Wildman–Crippen MR) is 50.4 cm³/mol. The molecular formula is C11H12O2. The van der Waals surface area contributed by atoms with Gasteiger partial charge in [0.2, 0.25) is 0 Å². The molecule has 0 fully saturated rings. The normalized spacial score (nSPS) is 12.1. The van der Waals surface area contributed by atoms with Gasteiger partial charge in [-0.2, -0.15) is 0 Å². The Morgan fingerprint density at radius 3 is 2.46 bits per heavy atom. The fraction of sp³-hybridized carbons (Fsp3) is 0.273. The molecule has 0 bridgehead atoms. The lowest BCUT2D eigenvalue weighted by Crippen LogP contribution is -2.15. The molecule has 0 saturated heterocycles. The zero-order valence-electron chi connectivity index (χ0n) is 7.57. The van der Waals surface area contributed by atoms with Crippen molar-refractivity contribution in [3.8, 4) is 0 Å². The van der Waals surface area contributed by atoms with Gasteiger partial charge in [-0.3, -0.25) is 4.79 Å². The van der Waals surface area contributed by atoms with Crippen molar-refractivity contribution in [2.45, 2.75) is 13.3 Å². The number of hydrogen-bond donors (Lipinski definition) is 0. The van der Waals surface area contributed by atoms with E-state index >= 15 is 0 Å². The van der Waals surface area contributed by atoms with Gasteiger partial charge >= 0.3 is 0 Å². The van der Waals surface area contributed by atoms with Gasteiger partial charge in [-0.05, 0) is 18.9 Å². The SMILES string of the molecule is CC(=O)C(C=O)Cc1ccccc1. The first-order valence-electron chi connectivity index (χ1n) is 4.23. The van der Waals surface area contributed by atoms with Crippen LogP contribution in [-0.4, -0.2) is 12.1 Å². The molecule has 1 aromatic rings. The molecule has 1 unspecified atom stereocenters. The molecule has 0 aromatic heterocycles. The summed E-state index contributed by atoms with van der Waals surface area (Å²) in [4.78, 5) is 21.5. The highest BCUT2D eigenvalue weighted by atomic mass is 16.1. The van der Waals surface area contributed by atoms with Gasteiger partial charge in [-0.15, -0.1) is 0 Å². The first kappa shape index (κ1) is 9.65. The Morgan fingerprint density at radius 1 is 1.38 bits per heavy atom. The van der Waals surface area contributed by atoms with E-state index in [4.69, 9.17) is 0 Å². The number of carbonyl (C=O) groups is 2. The number of rotatable bonds is 4. The molecule has 1 rings (SSSR count). The molecule has 0 aliphatic heterocycles. The second kappa shape index (κ2) is 4.55. The van der Waals surface area contributed by atoms with E-state index in [1.807, 2.05) is 30.3 Å². The van der Waals surface area contributed by atoms with Crippen molar-refractivity contribution in [1.82, 2.24) is 0 Å². The maximum absolute atomic E-state index is 10.9. The molecule has 0 saturated carbocycles. The summed E-state index contributed by atoms with van der Waals surface area (Å²) in [7, 11) is 0. The highest BCUT2D eigenvalue weighted by Gasteiger charge is 2.12. The molecule has 0 heterocycles. The van der Waals surface area contributed by atoms with Crippen LogP contribution in [0.2, 0.25) is 0 Å². The second-order valence-electron chi connectivity index (χ2n) is 3.04. The molecule has 0 N–H and O–H groups in total. The Labute approximate surface area is 77.6 Å². The summed E-state index contributed by atoms with van der Waals surface area (Å²) >= 11 is 0. The fourth-order valence-corrected chi connectivity index (χ4v) is 1.16. The molecule has 1 atom stereocenters. The maximum Gasteiger partial charge on any atom is 0.140 e.